The lowest BCUT2D eigenvalue weighted by molar-refractivity contribution is -0.136. The lowest BCUT2D eigenvalue weighted by Gasteiger charge is -2.16. The monoisotopic (exact) mass is 430 g/mol. The number of alkyl halides is 3. The Morgan fingerprint density at radius 3 is 2.16 bits per heavy atom. The molecule has 0 heterocycles. The van der Waals surface area contributed by atoms with Crippen LogP contribution in [0.25, 0.3) is 0 Å². The number of rotatable bonds is 4. The summed E-state index contributed by atoms with van der Waals surface area (Å²) in [7, 11) is 0. The van der Waals surface area contributed by atoms with Crippen LogP contribution in [0.4, 0.5) is 28.9 Å². The quantitative estimate of drug-likeness (QED) is 0.502. The summed E-state index contributed by atoms with van der Waals surface area (Å²) in [6, 6.07) is 12.9. The van der Waals surface area contributed by atoms with Crippen LogP contribution in [0.2, 0.25) is 0 Å². The Morgan fingerprint density at radius 1 is 0.806 bits per heavy atom. The molecule has 0 bridgehead atoms. The fourth-order valence-corrected chi connectivity index (χ4v) is 2.89. The molecule has 0 atom stereocenters. The molecule has 0 spiro atoms. The number of carbonyl (C=O) groups is 2. The maximum Gasteiger partial charge on any atom is 0.418 e. The van der Waals surface area contributed by atoms with Crippen molar-refractivity contribution >= 4 is 23.2 Å². The number of hydrogen-bond acceptors (Lipinski definition) is 2. The minimum atomic E-state index is -4.80. The highest BCUT2D eigenvalue weighted by Crippen LogP contribution is 2.37. The van der Waals surface area contributed by atoms with Crippen LogP contribution >= 0.6 is 0 Å². The van der Waals surface area contributed by atoms with Gasteiger partial charge in [-0.15, -0.1) is 0 Å². The summed E-state index contributed by atoms with van der Waals surface area (Å²) in [5.41, 5.74) is -0.103. The van der Waals surface area contributed by atoms with E-state index in [4.69, 9.17) is 0 Å². The normalized spacial score (nSPS) is 11.2. The number of nitrogens with one attached hydrogen (secondary N) is 2. The van der Waals surface area contributed by atoms with Crippen LogP contribution in [0, 0.1) is 19.7 Å². The van der Waals surface area contributed by atoms with Crippen LogP contribution in [-0.2, 0) is 6.18 Å². The summed E-state index contributed by atoms with van der Waals surface area (Å²) in [4.78, 5) is 24.7. The summed E-state index contributed by atoms with van der Waals surface area (Å²) in [6.07, 6.45) is -4.80. The molecule has 3 rings (SSSR count). The highest BCUT2D eigenvalue weighted by Gasteiger charge is 2.34. The number of anilines is 2. The zero-order valence-corrected chi connectivity index (χ0v) is 16.6. The van der Waals surface area contributed by atoms with Crippen LogP contribution in [0.15, 0.2) is 60.7 Å². The fraction of sp³-hybridized carbons (Fsp3) is 0.130. The van der Waals surface area contributed by atoms with Crippen molar-refractivity contribution in [1.82, 2.24) is 0 Å². The van der Waals surface area contributed by atoms with Gasteiger partial charge in [0.15, 0.2) is 0 Å². The first-order valence-electron chi connectivity index (χ1n) is 9.22. The molecular formula is C23H18F4N2O2. The molecule has 0 saturated heterocycles. The molecule has 2 N–H and O–H groups in total. The Labute approximate surface area is 175 Å². The fourth-order valence-electron chi connectivity index (χ4n) is 2.89. The molecule has 0 saturated carbocycles. The van der Waals surface area contributed by atoms with E-state index in [1.807, 2.05) is 6.92 Å². The van der Waals surface area contributed by atoms with Gasteiger partial charge in [0.05, 0.1) is 16.8 Å². The lowest BCUT2D eigenvalue weighted by atomic mass is 10.1. The second kappa shape index (κ2) is 8.59. The van der Waals surface area contributed by atoms with E-state index >= 15 is 0 Å². The molecule has 4 nitrogen and oxygen atoms in total. The van der Waals surface area contributed by atoms with Crippen LogP contribution in [-0.4, -0.2) is 11.8 Å². The molecule has 3 aromatic carbocycles. The number of halogens is 4. The van der Waals surface area contributed by atoms with Crippen molar-refractivity contribution in [3.8, 4) is 0 Å². The molecule has 0 aromatic heterocycles. The zero-order chi connectivity index (χ0) is 22.8. The molecule has 3 aromatic rings. The first-order valence-corrected chi connectivity index (χ1v) is 9.22. The summed E-state index contributed by atoms with van der Waals surface area (Å²) in [6.45, 7) is 3.65. The van der Waals surface area contributed by atoms with Gasteiger partial charge >= 0.3 is 6.18 Å². The van der Waals surface area contributed by atoms with Gasteiger partial charge in [-0.05, 0) is 67.4 Å². The standard InChI is InChI=1S/C23H18F4N2O2/c1-13-7-8-15(11-14(13)2)21(30)29-20-10-9-16(12-18(20)23(25,26)27)28-22(31)17-5-3-4-6-19(17)24/h3-12H,1-2H3,(H,28,31)(H,29,30). The van der Waals surface area contributed by atoms with E-state index in [0.717, 1.165) is 23.3 Å². The Balaban J connectivity index is 1.88. The van der Waals surface area contributed by atoms with Crippen LogP contribution in [0.3, 0.4) is 0 Å². The molecule has 160 valence electrons. The predicted octanol–water partition coefficient (Wildman–Crippen LogP) is 5.97. The zero-order valence-electron chi connectivity index (χ0n) is 16.6. The Morgan fingerprint density at radius 2 is 1.52 bits per heavy atom. The largest absolute Gasteiger partial charge is 0.418 e. The molecule has 0 aliphatic rings. The van der Waals surface area contributed by atoms with Crippen molar-refractivity contribution < 1.29 is 27.2 Å². The van der Waals surface area contributed by atoms with Gasteiger partial charge in [-0.1, -0.05) is 18.2 Å². The molecular weight excluding hydrogens is 412 g/mol. The SMILES string of the molecule is Cc1ccc(C(=O)Nc2ccc(NC(=O)c3ccccc3F)cc2C(F)(F)F)cc1C. The maximum absolute atomic E-state index is 13.7. The van der Waals surface area contributed by atoms with Gasteiger partial charge in [-0.2, -0.15) is 13.2 Å². The third-order valence-electron chi connectivity index (χ3n) is 4.72. The lowest BCUT2D eigenvalue weighted by Crippen LogP contribution is -2.18. The average Bonchev–Trinajstić information content (AvgIpc) is 2.70. The summed E-state index contributed by atoms with van der Waals surface area (Å²) in [5, 5.41) is 4.52. The topological polar surface area (TPSA) is 58.2 Å². The van der Waals surface area contributed by atoms with E-state index in [0.29, 0.717) is 6.07 Å². The first-order chi connectivity index (χ1) is 14.6. The third kappa shape index (κ3) is 5.09. The minimum Gasteiger partial charge on any atom is -0.322 e. The molecule has 0 radical (unpaired) electrons. The highest BCUT2D eigenvalue weighted by atomic mass is 19.4. The van der Waals surface area contributed by atoms with E-state index < -0.39 is 35.1 Å². The van der Waals surface area contributed by atoms with Crippen molar-refractivity contribution in [1.29, 1.82) is 0 Å². The van der Waals surface area contributed by atoms with Crippen LogP contribution < -0.4 is 10.6 Å². The minimum absolute atomic E-state index is 0.190. The maximum atomic E-state index is 13.7. The van der Waals surface area contributed by atoms with E-state index in [1.54, 1.807) is 19.1 Å². The molecule has 0 fully saturated rings. The number of amides is 2. The van der Waals surface area contributed by atoms with E-state index in [2.05, 4.69) is 10.6 Å². The van der Waals surface area contributed by atoms with Crippen molar-refractivity contribution in [3.05, 3.63) is 94.3 Å². The molecule has 8 heteroatoms. The van der Waals surface area contributed by atoms with Crippen molar-refractivity contribution in [2.45, 2.75) is 20.0 Å². The van der Waals surface area contributed by atoms with Gasteiger partial charge in [-0.25, -0.2) is 4.39 Å². The molecule has 0 aliphatic carbocycles. The van der Waals surface area contributed by atoms with Crippen molar-refractivity contribution in [3.63, 3.8) is 0 Å². The van der Waals surface area contributed by atoms with Gasteiger partial charge in [0.2, 0.25) is 0 Å². The van der Waals surface area contributed by atoms with E-state index in [-0.39, 0.29) is 16.8 Å². The van der Waals surface area contributed by atoms with Gasteiger partial charge < -0.3 is 10.6 Å². The molecule has 31 heavy (non-hydrogen) atoms. The third-order valence-corrected chi connectivity index (χ3v) is 4.72. The number of hydrogen-bond donors (Lipinski definition) is 2. The average molecular weight is 430 g/mol. The second-order valence-electron chi connectivity index (χ2n) is 6.95. The van der Waals surface area contributed by atoms with Crippen molar-refractivity contribution in [2.24, 2.45) is 0 Å². The highest BCUT2D eigenvalue weighted by molar-refractivity contribution is 6.06. The van der Waals surface area contributed by atoms with E-state index in [9.17, 15) is 27.2 Å². The number of aryl methyl sites for hydroxylation is 2. The number of benzene rings is 3. The van der Waals surface area contributed by atoms with Gasteiger partial charge in [0.25, 0.3) is 11.8 Å². The van der Waals surface area contributed by atoms with Gasteiger partial charge in [0, 0.05) is 11.3 Å². The predicted molar refractivity (Wildman–Crippen MR) is 110 cm³/mol. The van der Waals surface area contributed by atoms with Crippen molar-refractivity contribution in [2.75, 3.05) is 10.6 Å². The number of carbonyl (C=O) groups excluding carboxylic acids is 2. The smallest absolute Gasteiger partial charge is 0.322 e. The Hall–Kier alpha value is -3.68. The molecule has 0 aliphatic heterocycles. The Kier molecular flexibility index (Phi) is 6.10. The summed E-state index contributed by atoms with van der Waals surface area (Å²) < 4.78 is 54.5. The molecule has 0 unspecified atom stereocenters. The van der Waals surface area contributed by atoms with Gasteiger partial charge in [-0.3, -0.25) is 9.59 Å². The summed E-state index contributed by atoms with van der Waals surface area (Å²) in [5.74, 6) is -2.39. The first kappa shape index (κ1) is 22.0. The van der Waals surface area contributed by atoms with E-state index in [1.165, 1.54) is 30.3 Å². The van der Waals surface area contributed by atoms with Crippen LogP contribution in [0.1, 0.15) is 37.4 Å². The summed E-state index contributed by atoms with van der Waals surface area (Å²) >= 11 is 0. The Bertz CT molecular complexity index is 1160. The van der Waals surface area contributed by atoms with Gasteiger partial charge in [0.1, 0.15) is 5.82 Å². The molecule has 2 amide bonds. The second-order valence-corrected chi connectivity index (χ2v) is 6.95. The van der Waals surface area contributed by atoms with Crippen LogP contribution in [0.5, 0.6) is 0 Å².